The van der Waals surface area contributed by atoms with Crippen molar-refractivity contribution in [2.24, 2.45) is 0 Å². The molecule has 0 radical (unpaired) electrons. The van der Waals surface area contributed by atoms with E-state index in [0.29, 0.717) is 18.1 Å². The van der Waals surface area contributed by atoms with Crippen LogP contribution in [0.15, 0.2) is 24.3 Å². The number of benzene rings is 1. The Morgan fingerprint density at radius 2 is 2.11 bits per heavy atom. The normalized spacial score (nSPS) is 14.3. The Morgan fingerprint density at radius 1 is 1.37 bits per heavy atom. The predicted molar refractivity (Wildman–Crippen MR) is 82.0 cm³/mol. The molecule has 0 fully saturated rings. The second-order valence-corrected chi connectivity index (χ2v) is 6.29. The van der Waals surface area contributed by atoms with Gasteiger partial charge in [-0.05, 0) is 31.0 Å². The highest BCUT2D eigenvalue weighted by Crippen LogP contribution is 2.18. The largest absolute Gasteiger partial charge is 0.384 e. The molecule has 0 bridgehead atoms. The number of nitrogens with one attached hydrogen (secondary N) is 1. The smallest absolute Gasteiger partial charge is 0.0577 e. The fourth-order valence-electron chi connectivity index (χ4n) is 2.00. The van der Waals surface area contributed by atoms with Gasteiger partial charge < -0.3 is 10.1 Å². The molecule has 0 aliphatic rings. The van der Waals surface area contributed by atoms with Gasteiger partial charge in [0.15, 0.2) is 0 Å². The van der Waals surface area contributed by atoms with Crippen LogP contribution in [0.25, 0.3) is 0 Å². The zero-order valence-electron chi connectivity index (χ0n) is 12.1. The van der Waals surface area contributed by atoms with Crippen molar-refractivity contribution in [2.75, 3.05) is 31.8 Å². The first-order chi connectivity index (χ1) is 9.19. The number of aryl methyl sites for hydroxylation is 1. The molecular weight excluding hydrogens is 258 g/mol. The van der Waals surface area contributed by atoms with Gasteiger partial charge in [0.1, 0.15) is 0 Å². The average molecular weight is 283 g/mol. The molecule has 0 amide bonds. The maximum atomic E-state index is 12.1. The summed E-state index contributed by atoms with van der Waals surface area (Å²) in [4.78, 5) is 0. The highest BCUT2D eigenvalue weighted by molar-refractivity contribution is 7.85. The Kier molecular flexibility index (Phi) is 7.94. The first kappa shape index (κ1) is 16.3. The second kappa shape index (κ2) is 9.23. The Hall–Kier alpha value is -0.710. The van der Waals surface area contributed by atoms with Gasteiger partial charge in [0, 0.05) is 35.5 Å². The molecule has 0 aliphatic carbocycles. The third-order valence-corrected chi connectivity index (χ3v) is 4.40. The highest BCUT2D eigenvalue weighted by atomic mass is 32.2. The topological polar surface area (TPSA) is 38.3 Å². The molecule has 0 saturated carbocycles. The Labute approximate surface area is 119 Å². The zero-order valence-corrected chi connectivity index (χ0v) is 13.0. The summed E-state index contributed by atoms with van der Waals surface area (Å²) >= 11 is 0. The van der Waals surface area contributed by atoms with Gasteiger partial charge >= 0.3 is 0 Å². The van der Waals surface area contributed by atoms with Crippen LogP contribution in [0.3, 0.4) is 0 Å². The molecular formula is C15H25NO2S. The van der Waals surface area contributed by atoms with Crippen molar-refractivity contribution in [3.8, 4) is 0 Å². The van der Waals surface area contributed by atoms with Gasteiger partial charge in [0.25, 0.3) is 0 Å². The summed E-state index contributed by atoms with van der Waals surface area (Å²) in [6.45, 7) is 5.75. The maximum absolute atomic E-state index is 12.1. The van der Waals surface area contributed by atoms with Crippen molar-refractivity contribution in [1.29, 1.82) is 0 Å². The Balaban J connectivity index is 2.71. The minimum atomic E-state index is -0.850. The van der Waals surface area contributed by atoms with Crippen molar-refractivity contribution in [2.45, 2.75) is 26.3 Å². The Bertz CT molecular complexity index is 395. The molecule has 2 atom stereocenters. The minimum absolute atomic E-state index is 0.166. The van der Waals surface area contributed by atoms with Crippen molar-refractivity contribution in [3.63, 3.8) is 0 Å². The molecule has 0 spiro atoms. The van der Waals surface area contributed by atoms with Crippen LogP contribution in [0, 0.1) is 6.92 Å². The zero-order chi connectivity index (χ0) is 14.1. The van der Waals surface area contributed by atoms with Gasteiger partial charge in [0.05, 0.1) is 6.61 Å². The number of rotatable bonds is 9. The Morgan fingerprint density at radius 3 is 2.74 bits per heavy atom. The molecule has 1 aromatic carbocycles. The molecule has 1 aromatic rings. The molecule has 0 aromatic heterocycles. The van der Waals surface area contributed by atoms with E-state index in [1.54, 1.807) is 7.11 Å². The molecule has 4 heteroatoms. The van der Waals surface area contributed by atoms with E-state index >= 15 is 0 Å². The van der Waals surface area contributed by atoms with E-state index < -0.39 is 10.8 Å². The fraction of sp³-hybridized carbons (Fsp3) is 0.600. The van der Waals surface area contributed by atoms with E-state index in [1.807, 2.05) is 12.1 Å². The monoisotopic (exact) mass is 283 g/mol. The molecule has 19 heavy (non-hydrogen) atoms. The molecule has 0 aliphatic heterocycles. The first-order valence-electron chi connectivity index (χ1n) is 6.81. The van der Waals surface area contributed by atoms with Gasteiger partial charge in [-0.3, -0.25) is 4.21 Å². The lowest BCUT2D eigenvalue weighted by Crippen LogP contribution is -2.28. The van der Waals surface area contributed by atoms with E-state index in [2.05, 4.69) is 31.3 Å². The standard InChI is InChI=1S/C15H25NO2S/c1-4-9-16-15(12-19(17)11-10-18-3)14-8-6-5-7-13(14)2/h5-8,15-16H,4,9-12H2,1-3H3. The lowest BCUT2D eigenvalue weighted by Gasteiger charge is -2.20. The summed E-state index contributed by atoms with van der Waals surface area (Å²) in [5.41, 5.74) is 2.50. The summed E-state index contributed by atoms with van der Waals surface area (Å²) in [7, 11) is 0.794. The lowest BCUT2D eigenvalue weighted by atomic mass is 10.0. The SMILES string of the molecule is CCCNC(CS(=O)CCOC)c1ccccc1C. The molecule has 108 valence electrons. The van der Waals surface area contributed by atoms with Crippen LogP contribution in [0.2, 0.25) is 0 Å². The van der Waals surface area contributed by atoms with Crippen LogP contribution >= 0.6 is 0 Å². The van der Waals surface area contributed by atoms with Gasteiger partial charge in [-0.25, -0.2) is 0 Å². The van der Waals surface area contributed by atoms with Gasteiger partial charge in [-0.1, -0.05) is 31.2 Å². The summed E-state index contributed by atoms with van der Waals surface area (Å²) in [5.74, 6) is 1.25. The van der Waals surface area contributed by atoms with Gasteiger partial charge in [-0.2, -0.15) is 0 Å². The minimum Gasteiger partial charge on any atom is -0.384 e. The quantitative estimate of drug-likeness (QED) is 0.756. The number of hydrogen-bond acceptors (Lipinski definition) is 3. The summed E-state index contributed by atoms with van der Waals surface area (Å²) in [6.07, 6.45) is 1.08. The predicted octanol–water partition coefficient (Wildman–Crippen LogP) is 2.43. The molecule has 3 nitrogen and oxygen atoms in total. The molecule has 1 rings (SSSR count). The van der Waals surface area contributed by atoms with Crippen molar-refractivity contribution >= 4 is 10.8 Å². The van der Waals surface area contributed by atoms with E-state index in [0.717, 1.165) is 13.0 Å². The first-order valence-corrected chi connectivity index (χ1v) is 8.30. The summed E-state index contributed by atoms with van der Waals surface area (Å²) in [6, 6.07) is 8.47. The van der Waals surface area contributed by atoms with E-state index in [1.165, 1.54) is 11.1 Å². The fourth-order valence-corrected chi connectivity index (χ4v) is 3.19. The van der Waals surface area contributed by atoms with E-state index in [9.17, 15) is 4.21 Å². The molecule has 0 heterocycles. The van der Waals surface area contributed by atoms with Gasteiger partial charge in [-0.15, -0.1) is 0 Å². The van der Waals surface area contributed by atoms with Crippen LogP contribution in [0.4, 0.5) is 0 Å². The summed E-state index contributed by atoms with van der Waals surface area (Å²) in [5, 5.41) is 3.50. The number of hydrogen-bond donors (Lipinski definition) is 1. The average Bonchev–Trinajstić information content (AvgIpc) is 2.42. The third kappa shape index (κ3) is 5.85. The van der Waals surface area contributed by atoms with Crippen LogP contribution in [-0.4, -0.2) is 36.0 Å². The molecule has 1 N–H and O–H groups in total. The number of ether oxygens (including phenoxy) is 1. The lowest BCUT2D eigenvalue weighted by molar-refractivity contribution is 0.218. The molecule has 2 unspecified atom stereocenters. The second-order valence-electron chi connectivity index (χ2n) is 4.67. The van der Waals surface area contributed by atoms with Crippen molar-refractivity contribution in [3.05, 3.63) is 35.4 Å². The van der Waals surface area contributed by atoms with Crippen LogP contribution in [0.5, 0.6) is 0 Å². The number of methoxy groups -OCH3 is 1. The van der Waals surface area contributed by atoms with Crippen molar-refractivity contribution in [1.82, 2.24) is 5.32 Å². The highest BCUT2D eigenvalue weighted by Gasteiger charge is 2.15. The van der Waals surface area contributed by atoms with Gasteiger partial charge in [0.2, 0.25) is 0 Å². The van der Waals surface area contributed by atoms with Crippen LogP contribution < -0.4 is 5.32 Å². The van der Waals surface area contributed by atoms with Crippen LogP contribution in [-0.2, 0) is 15.5 Å². The van der Waals surface area contributed by atoms with Crippen LogP contribution in [0.1, 0.15) is 30.5 Å². The molecule has 0 saturated heterocycles. The summed E-state index contributed by atoms with van der Waals surface area (Å²) < 4.78 is 17.0. The maximum Gasteiger partial charge on any atom is 0.0577 e. The van der Waals surface area contributed by atoms with E-state index in [4.69, 9.17) is 4.74 Å². The van der Waals surface area contributed by atoms with E-state index in [-0.39, 0.29) is 6.04 Å². The van der Waals surface area contributed by atoms with Crippen molar-refractivity contribution < 1.29 is 8.95 Å². The third-order valence-electron chi connectivity index (χ3n) is 3.07.